The van der Waals surface area contributed by atoms with E-state index in [4.69, 9.17) is 14.2 Å². The van der Waals surface area contributed by atoms with Crippen molar-refractivity contribution in [1.82, 2.24) is 9.80 Å². The molecule has 184 valence electrons. The topological polar surface area (TPSA) is 34.2 Å². The smallest absolute Gasteiger partial charge is 0.231 e. The molecule has 9 heteroatoms. The number of halogens is 4. The molecule has 0 aliphatic carbocycles. The van der Waals surface area contributed by atoms with Gasteiger partial charge < -0.3 is 24.0 Å². The molecule has 0 radical (unpaired) electrons. The van der Waals surface area contributed by atoms with Crippen molar-refractivity contribution >= 4 is 40.7 Å². The van der Waals surface area contributed by atoms with E-state index in [1.165, 1.54) is 5.56 Å². The van der Waals surface area contributed by atoms with Gasteiger partial charge in [0.1, 0.15) is 11.6 Å². The van der Waals surface area contributed by atoms with Gasteiger partial charge in [-0.1, -0.05) is 12.1 Å². The van der Waals surface area contributed by atoms with E-state index in [1.807, 2.05) is 24.3 Å². The van der Waals surface area contributed by atoms with Crippen LogP contribution in [0.15, 0.2) is 40.9 Å². The maximum atomic E-state index is 13.5. The summed E-state index contributed by atoms with van der Waals surface area (Å²) in [4.78, 5) is 4.76. The quantitative estimate of drug-likeness (QED) is 0.416. The van der Waals surface area contributed by atoms with E-state index in [0.29, 0.717) is 24.2 Å². The molecule has 4 rings (SSSR count). The lowest BCUT2D eigenvalue weighted by Crippen LogP contribution is -2.42. The first-order chi connectivity index (χ1) is 15.0. The Labute approximate surface area is 216 Å². The van der Waals surface area contributed by atoms with Crippen molar-refractivity contribution in [3.63, 3.8) is 0 Å². The third-order valence-electron chi connectivity index (χ3n) is 6.08. The number of hydrogen-bond donors (Lipinski definition) is 0. The summed E-state index contributed by atoms with van der Waals surface area (Å²) in [7, 11) is 4.22. The first kappa shape index (κ1) is 28.0. The second-order valence-corrected chi connectivity index (χ2v) is 9.47. The zero-order valence-electron chi connectivity index (χ0n) is 19.0. The predicted molar refractivity (Wildman–Crippen MR) is 137 cm³/mol. The van der Waals surface area contributed by atoms with Gasteiger partial charge in [-0.15, -0.1) is 24.8 Å². The minimum atomic E-state index is -0.193. The molecule has 2 aliphatic rings. The number of benzene rings is 2. The molecular weight excluding hydrogens is 534 g/mol. The molecule has 2 heterocycles. The van der Waals surface area contributed by atoms with Crippen LogP contribution in [0.4, 0.5) is 4.39 Å². The van der Waals surface area contributed by atoms with Gasteiger partial charge in [0.25, 0.3) is 0 Å². The van der Waals surface area contributed by atoms with Gasteiger partial charge in [-0.05, 0) is 86.1 Å². The van der Waals surface area contributed by atoms with Crippen LogP contribution >= 0.6 is 40.7 Å². The number of ether oxygens (including phenoxy) is 3. The van der Waals surface area contributed by atoms with Crippen LogP contribution in [0.5, 0.6) is 17.2 Å². The summed E-state index contributed by atoms with van der Waals surface area (Å²) < 4.78 is 31.5. The highest BCUT2D eigenvalue weighted by atomic mass is 79.9. The number of fused-ring (bicyclic) bond motifs is 1. The third kappa shape index (κ3) is 7.36. The van der Waals surface area contributed by atoms with Crippen molar-refractivity contribution in [2.75, 3.05) is 53.7 Å². The van der Waals surface area contributed by atoms with Crippen LogP contribution < -0.4 is 14.2 Å². The first-order valence-corrected chi connectivity index (χ1v) is 11.6. The van der Waals surface area contributed by atoms with Gasteiger partial charge in [0.05, 0.1) is 11.1 Å². The average Bonchev–Trinajstić information content (AvgIpc) is 3.20. The molecule has 33 heavy (non-hydrogen) atoms. The Morgan fingerprint density at radius 2 is 1.82 bits per heavy atom. The highest BCUT2D eigenvalue weighted by Crippen LogP contribution is 2.41. The van der Waals surface area contributed by atoms with Crippen molar-refractivity contribution in [1.29, 1.82) is 0 Å². The summed E-state index contributed by atoms with van der Waals surface area (Å²) >= 11 is 3.59. The maximum Gasteiger partial charge on any atom is 0.231 e. The number of likely N-dealkylation sites (tertiary alicyclic amines) is 1. The fraction of sp³-hybridized carbons (Fsp3) is 0.500. The molecule has 1 fully saturated rings. The lowest BCUT2D eigenvalue weighted by atomic mass is 9.80. The summed E-state index contributed by atoms with van der Waals surface area (Å²) in [5.41, 5.74) is 1.19. The molecule has 2 aromatic carbocycles. The van der Waals surface area contributed by atoms with E-state index in [-0.39, 0.29) is 37.4 Å². The van der Waals surface area contributed by atoms with Crippen molar-refractivity contribution in [2.24, 2.45) is 5.92 Å². The molecule has 0 amide bonds. The number of hydrogen-bond acceptors (Lipinski definition) is 5. The Morgan fingerprint density at radius 3 is 2.52 bits per heavy atom. The molecule has 2 atom stereocenters. The van der Waals surface area contributed by atoms with Crippen LogP contribution in [-0.2, 0) is 0 Å². The monoisotopic (exact) mass is 564 g/mol. The minimum absolute atomic E-state index is 0. The maximum absolute atomic E-state index is 13.5. The lowest BCUT2D eigenvalue weighted by Gasteiger charge is -2.39. The second-order valence-electron chi connectivity index (χ2n) is 8.61. The van der Waals surface area contributed by atoms with Crippen LogP contribution in [0.25, 0.3) is 0 Å². The number of nitrogens with zero attached hydrogens (tertiary/aromatic N) is 2. The van der Waals surface area contributed by atoms with E-state index in [1.54, 1.807) is 12.1 Å². The second kappa shape index (κ2) is 13.0. The summed E-state index contributed by atoms with van der Waals surface area (Å²) in [6.07, 6.45) is 2.19. The van der Waals surface area contributed by atoms with E-state index in [0.717, 1.165) is 55.0 Å². The Kier molecular flexibility index (Phi) is 11.0. The van der Waals surface area contributed by atoms with Crippen molar-refractivity contribution in [2.45, 2.75) is 18.8 Å². The van der Waals surface area contributed by atoms with Crippen molar-refractivity contribution < 1.29 is 18.6 Å². The Hall–Kier alpha value is -1.25. The van der Waals surface area contributed by atoms with Gasteiger partial charge in [0, 0.05) is 24.6 Å². The van der Waals surface area contributed by atoms with Gasteiger partial charge >= 0.3 is 0 Å². The molecule has 0 aromatic heterocycles. The van der Waals surface area contributed by atoms with Crippen LogP contribution in [0.1, 0.15) is 24.3 Å². The molecule has 0 N–H and O–H groups in total. The molecule has 1 saturated heterocycles. The molecule has 0 spiro atoms. The largest absolute Gasteiger partial charge is 0.492 e. The predicted octanol–water partition coefficient (Wildman–Crippen LogP) is 5.60. The fourth-order valence-electron chi connectivity index (χ4n) is 4.44. The van der Waals surface area contributed by atoms with E-state index in [2.05, 4.69) is 39.8 Å². The summed E-state index contributed by atoms with van der Waals surface area (Å²) in [6.45, 7) is 5.02. The molecule has 2 aromatic rings. The zero-order valence-corrected chi connectivity index (χ0v) is 22.2. The number of piperidine rings is 1. The summed E-state index contributed by atoms with van der Waals surface area (Å²) in [6, 6.07) is 10.7. The van der Waals surface area contributed by atoms with Gasteiger partial charge in [-0.2, -0.15) is 0 Å². The highest BCUT2D eigenvalue weighted by molar-refractivity contribution is 9.10. The van der Waals surface area contributed by atoms with Gasteiger partial charge in [0.15, 0.2) is 11.5 Å². The Morgan fingerprint density at radius 1 is 1.12 bits per heavy atom. The summed E-state index contributed by atoms with van der Waals surface area (Å²) in [5, 5.41) is 0. The number of rotatable bonds is 8. The van der Waals surface area contributed by atoms with Crippen molar-refractivity contribution in [3.8, 4) is 17.2 Å². The standard InChI is InChI=1S/C24H30BrFN2O3.2ClH/c1-27(2)9-3-10-28-11-8-20(17-4-6-19(26)7-5-17)18(14-28)15-29-22-13-24-23(12-21(22)25)30-16-31-24;;/h4-7,12-13,18,20H,3,8-11,14-16H2,1-2H3;2*1H/t18-,20-;;/m1../s1. The molecule has 2 aliphatic heterocycles. The average molecular weight is 566 g/mol. The van der Waals surface area contributed by atoms with Crippen LogP contribution in [0.2, 0.25) is 0 Å². The van der Waals surface area contributed by atoms with Crippen LogP contribution in [0.3, 0.4) is 0 Å². The van der Waals surface area contributed by atoms with Crippen molar-refractivity contribution in [3.05, 3.63) is 52.3 Å². The van der Waals surface area contributed by atoms with Crippen LogP contribution in [-0.4, -0.2) is 63.5 Å². The SMILES string of the molecule is CN(C)CCCN1CC[C@H](c2ccc(F)cc2)[C@@H](COc2cc3c(cc2Br)OCO3)C1.Cl.Cl. The molecule has 0 bridgehead atoms. The Bertz CT molecular complexity index is 889. The van der Waals surface area contributed by atoms with Gasteiger partial charge in [0.2, 0.25) is 6.79 Å². The molecule has 0 saturated carbocycles. The van der Waals surface area contributed by atoms with Gasteiger partial charge in [-0.25, -0.2) is 4.39 Å². The van der Waals surface area contributed by atoms with E-state index in [9.17, 15) is 4.39 Å². The molecular formula is C24H32BrCl2FN2O3. The van der Waals surface area contributed by atoms with E-state index >= 15 is 0 Å². The zero-order chi connectivity index (χ0) is 21.8. The fourth-order valence-corrected chi connectivity index (χ4v) is 4.88. The molecule has 5 nitrogen and oxygen atoms in total. The first-order valence-electron chi connectivity index (χ1n) is 10.8. The third-order valence-corrected chi connectivity index (χ3v) is 6.70. The molecule has 0 unspecified atom stereocenters. The van der Waals surface area contributed by atoms with E-state index < -0.39 is 0 Å². The van der Waals surface area contributed by atoms with Gasteiger partial charge in [-0.3, -0.25) is 0 Å². The highest BCUT2D eigenvalue weighted by Gasteiger charge is 2.31. The summed E-state index contributed by atoms with van der Waals surface area (Å²) in [5.74, 6) is 2.67. The minimum Gasteiger partial charge on any atom is -0.492 e. The normalized spacial score (nSPS) is 19.7. The Balaban J connectivity index is 0.00000193. The van der Waals surface area contributed by atoms with Crippen LogP contribution in [0, 0.1) is 11.7 Å². The lowest BCUT2D eigenvalue weighted by molar-refractivity contribution is 0.108.